The molecule has 0 aromatic carbocycles. The molecule has 5 nitrogen and oxygen atoms in total. The van der Waals surface area contributed by atoms with Crippen LogP contribution in [0.1, 0.15) is 26.2 Å². The summed E-state index contributed by atoms with van der Waals surface area (Å²) >= 11 is 0. The van der Waals surface area contributed by atoms with Gasteiger partial charge in [0.25, 0.3) is 0 Å². The van der Waals surface area contributed by atoms with Crippen LogP contribution in [0.5, 0.6) is 0 Å². The molecule has 2 aliphatic rings. The SMILES string of the molecule is CC1CN(C2CCC(N)(C(=O)O)C2)CCN1C. The van der Waals surface area contributed by atoms with Gasteiger partial charge in [-0.2, -0.15) is 0 Å². The van der Waals surface area contributed by atoms with Crippen LogP contribution in [0.3, 0.4) is 0 Å². The Bertz CT molecular complexity index is 310. The number of hydrogen-bond acceptors (Lipinski definition) is 4. The molecule has 1 aliphatic heterocycles. The van der Waals surface area contributed by atoms with E-state index in [-0.39, 0.29) is 0 Å². The number of piperazine rings is 1. The zero-order valence-electron chi connectivity index (χ0n) is 10.7. The van der Waals surface area contributed by atoms with Crippen LogP contribution >= 0.6 is 0 Å². The molecule has 98 valence electrons. The summed E-state index contributed by atoms with van der Waals surface area (Å²) in [6.07, 6.45) is 2.12. The van der Waals surface area contributed by atoms with Crippen LogP contribution < -0.4 is 5.73 Å². The van der Waals surface area contributed by atoms with E-state index < -0.39 is 11.5 Å². The first-order chi connectivity index (χ1) is 7.92. The fraction of sp³-hybridized carbons (Fsp3) is 0.917. The van der Waals surface area contributed by atoms with Crippen molar-refractivity contribution in [2.45, 2.75) is 43.8 Å². The molecule has 0 bridgehead atoms. The number of hydrogen-bond donors (Lipinski definition) is 2. The number of aliphatic carboxylic acids is 1. The maximum Gasteiger partial charge on any atom is 0.323 e. The summed E-state index contributed by atoms with van der Waals surface area (Å²) in [4.78, 5) is 15.9. The highest BCUT2D eigenvalue weighted by Gasteiger charge is 2.44. The maximum atomic E-state index is 11.1. The van der Waals surface area contributed by atoms with Crippen molar-refractivity contribution in [1.82, 2.24) is 9.80 Å². The predicted molar refractivity (Wildman–Crippen MR) is 65.9 cm³/mol. The summed E-state index contributed by atoms with van der Waals surface area (Å²) in [5.74, 6) is -0.845. The molecule has 5 heteroatoms. The monoisotopic (exact) mass is 241 g/mol. The Balaban J connectivity index is 1.95. The second-order valence-electron chi connectivity index (χ2n) is 5.68. The number of carbonyl (C=O) groups is 1. The summed E-state index contributed by atoms with van der Waals surface area (Å²) in [7, 11) is 2.14. The van der Waals surface area contributed by atoms with E-state index in [2.05, 4.69) is 23.8 Å². The van der Waals surface area contributed by atoms with Crippen LogP contribution in [0.2, 0.25) is 0 Å². The third-order valence-electron chi connectivity index (χ3n) is 4.46. The molecule has 2 rings (SSSR count). The van der Waals surface area contributed by atoms with Crippen molar-refractivity contribution < 1.29 is 9.90 Å². The van der Waals surface area contributed by atoms with Crippen LogP contribution in [0, 0.1) is 0 Å². The van der Waals surface area contributed by atoms with E-state index in [1.54, 1.807) is 0 Å². The summed E-state index contributed by atoms with van der Waals surface area (Å²) < 4.78 is 0. The Morgan fingerprint density at radius 1 is 1.47 bits per heavy atom. The Kier molecular flexibility index (Phi) is 3.43. The average Bonchev–Trinajstić information content (AvgIpc) is 2.67. The summed E-state index contributed by atoms with van der Waals surface area (Å²) in [5.41, 5.74) is 4.94. The number of rotatable bonds is 2. The second-order valence-corrected chi connectivity index (χ2v) is 5.68. The van der Waals surface area contributed by atoms with Crippen LogP contribution in [0.15, 0.2) is 0 Å². The first-order valence-electron chi connectivity index (χ1n) is 6.39. The van der Waals surface area contributed by atoms with Crippen molar-refractivity contribution in [2.24, 2.45) is 5.73 Å². The van der Waals surface area contributed by atoms with E-state index in [0.717, 1.165) is 26.1 Å². The highest BCUT2D eigenvalue weighted by Crippen LogP contribution is 2.32. The Morgan fingerprint density at radius 3 is 2.71 bits per heavy atom. The minimum atomic E-state index is -0.989. The van der Waals surface area contributed by atoms with Gasteiger partial charge in [-0.1, -0.05) is 0 Å². The maximum absolute atomic E-state index is 11.1. The minimum Gasteiger partial charge on any atom is -0.480 e. The van der Waals surface area contributed by atoms with Gasteiger partial charge < -0.3 is 15.7 Å². The van der Waals surface area contributed by atoms with Crippen molar-refractivity contribution in [3.05, 3.63) is 0 Å². The van der Waals surface area contributed by atoms with Crippen molar-refractivity contribution in [1.29, 1.82) is 0 Å². The molecule has 3 unspecified atom stereocenters. The van der Waals surface area contributed by atoms with E-state index in [0.29, 0.717) is 24.9 Å². The number of likely N-dealkylation sites (N-methyl/N-ethyl adjacent to an activating group) is 1. The van der Waals surface area contributed by atoms with Gasteiger partial charge in [-0.3, -0.25) is 9.69 Å². The number of carboxylic acid groups (broad SMARTS) is 1. The first-order valence-corrected chi connectivity index (χ1v) is 6.39. The zero-order valence-corrected chi connectivity index (χ0v) is 10.7. The second kappa shape index (κ2) is 4.55. The molecule has 0 radical (unpaired) electrons. The highest BCUT2D eigenvalue weighted by atomic mass is 16.4. The average molecular weight is 241 g/mol. The zero-order chi connectivity index (χ0) is 12.6. The van der Waals surface area contributed by atoms with E-state index in [1.165, 1.54) is 0 Å². The third-order valence-corrected chi connectivity index (χ3v) is 4.46. The van der Waals surface area contributed by atoms with Gasteiger partial charge in [-0.15, -0.1) is 0 Å². The van der Waals surface area contributed by atoms with Gasteiger partial charge in [0, 0.05) is 31.7 Å². The van der Waals surface area contributed by atoms with Crippen LogP contribution in [0.25, 0.3) is 0 Å². The van der Waals surface area contributed by atoms with Gasteiger partial charge in [0.1, 0.15) is 5.54 Å². The van der Waals surface area contributed by atoms with E-state index in [4.69, 9.17) is 10.8 Å². The largest absolute Gasteiger partial charge is 0.480 e. The topological polar surface area (TPSA) is 69.8 Å². The Morgan fingerprint density at radius 2 is 2.18 bits per heavy atom. The summed E-state index contributed by atoms with van der Waals surface area (Å²) in [5, 5.41) is 9.13. The molecular weight excluding hydrogens is 218 g/mol. The van der Waals surface area contributed by atoms with Gasteiger partial charge in [0.15, 0.2) is 0 Å². The first kappa shape index (κ1) is 12.8. The van der Waals surface area contributed by atoms with E-state index >= 15 is 0 Å². The molecule has 17 heavy (non-hydrogen) atoms. The smallest absolute Gasteiger partial charge is 0.323 e. The molecule has 0 aromatic rings. The fourth-order valence-corrected chi connectivity index (χ4v) is 2.96. The molecule has 1 saturated carbocycles. The fourth-order valence-electron chi connectivity index (χ4n) is 2.96. The highest BCUT2D eigenvalue weighted by molar-refractivity contribution is 5.79. The predicted octanol–water partition coefficient (Wildman–Crippen LogP) is -0.0431. The lowest BCUT2D eigenvalue weighted by Crippen LogP contribution is -2.54. The lowest BCUT2D eigenvalue weighted by molar-refractivity contribution is -0.143. The molecule has 1 saturated heterocycles. The Labute approximate surface area is 103 Å². The normalized spacial score (nSPS) is 40.6. The van der Waals surface area contributed by atoms with E-state index in [9.17, 15) is 4.79 Å². The molecular formula is C12H23N3O2. The molecule has 0 aromatic heterocycles. The standard InChI is InChI=1S/C12H23N3O2/c1-9-8-15(6-5-14(9)2)10-3-4-12(13,7-10)11(16)17/h9-10H,3-8,13H2,1-2H3,(H,16,17). The number of nitrogens with two attached hydrogens (primary N) is 1. The van der Waals surface area contributed by atoms with Gasteiger partial charge in [-0.25, -0.2) is 0 Å². The van der Waals surface area contributed by atoms with Gasteiger partial charge in [0.2, 0.25) is 0 Å². The minimum absolute atomic E-state index is 0.354. The van der Waals surface area contributed by atoms with Gasteiger partial charge >= 0.3 is 5.97 Å². The molecule has 0 amide bonds. The lowest BCUT2D eigenvalue weighted by atomic mass is 9.99. The van der Waals surface area contributed by atoms with Crippen LogP contribution in [-0.2, 0) is 4.79 Å². The quantitative estimate of drug-likeness (QED) is 0.710. The lowest BCUT2D eigenvalue weighted by Gasteiger charge is -2.41. The van der Waals surface area contributed by atoms with Crippen molar-refractivity contribution in [3.8, 4) is 0 Å². The molecule has 1 aliphatic carbocycles. The van der Waals surface area contributed by atoms with Crippen molar-refractivity contribution in [2.75, 3.05) is 26.7 Å². The number of nitrogens with zero attached hydrogens (tertiary/aromatic N) is 2. The number of carboxylic acids is 1. The summed E-state index contributed by atoms with van der Waals surface area (Å²) in [6, 6.07) is 0.897. The van der Waals surface area contributed by atoms with Crippen molar-refractivity contribution in [3.63, 3.8) is 0 Å². The molecule has 1 heterocycles. The molecule has 0 spiro atoms. The molecule has 3 N–H and O–H groups in total. The Hall–Kier alpha value is -0.650. The van der Waals surface area contributed by atoms with Gasteiger partial charge in [0.05, 0.1) is 0 Å². The summed E-state index contributed by atoms with van der Waals surface area (Å²) in [6.45, 7) is 5.33. The van der Waals surface area contributed by atoms with Crippen molar-refractivity contribution >= 4 is 5.97 Å². The van der Waals surface area contributed by atoms with Crippen LogP contribution in [-0.4, -0.2) is 65.2 Å². The molecule has 2 fully saturated rings. The third kappa shape index (κ3) is 2.46. The molecule has 3 atom stereocenters. The van der Waals surface area contributed by atoms with Gasteiger partial charge in [-0.05, 0) is 33.2 Å². The van der Waals surface area contributed by atoms with E-state index in [1.807, 2.05) is 0 Å². The van der Waals surface area contributed by atoms with Crippen LogP contribution in [0.4, 0.5) is 0 Å².